The molecule has 2 amide bonds. The van der Waals surface area contributed by atoms with Gasteiger partial charge >= 0.3 is 5.97 Å². The monoisotopic (exact) mass is 398 g/mol. The summed E-state index contributed by atoms with van der Waals surface area (Å²) in [5.74, 6) is -3.98. The summed E-state index contributed by atoms with van der Waals surface area (Å²) in [6.07, 6.45) is 4.16. The zero-order valence-electron chi connectivity index (χ0n) is 15.5. The maximum absolute atomic E-state index is 13.5. The van der Waals surface area contributed by atoms with E-state index in [4.69, 9.17) is 16.2 Å². The molecule has 1 aromatic carbocycles. The lowest BCUT2D eigenvalue weighted by Crippen LogP contribution is -2.45. The highest BCUT2D eigenvalue weighted by atomic mass is 19.1. The Kier molecular flexibility index (Phi) is 5.12. The first-order chi connectivity index (χ1) is 13.8. The molecule has 0 aliphatic carbocycles. The molecular formula is C20H19FN4O4. The van der Waals surface area contributed by atoms with Gasteiger partial charge in [0.05, 0.1) is 24.3 Å². The Labute approximate surface area is 166 Å². The number of benzene rings is 1. The third-order valence-corrected chi connectivity index (χ3v) is 5.26. The first-order valence-electron chi connectivity index (χ1n) is 8.88. The van der Waals surface area contributed by atoms with Gasteiger partial charge in [-0.1, -0.05) is 18.2 Å². The molecule has 29 heavy (non-hydrogen) atoms. The molecule has 8 nitrogen and oxygen atoms in total. The lowest BCUT2D eigenvalue weighted by Gasteiger charge is -2.32. The predicted octanol–water partition coefficient (Wildman–Crippen LogP) is 0.459. The van der Waals surface area contributed by atoms with Crippen LogP contribution in [0.4, 0.5) is 4.39 Å². The van der Waals surface area contributed by atoms with E-state index in [-0.39, 0.29) is 12.2 Å². The second-order valence-corrected chi connectivity index (χ2v) is 6.78. The molecule has 1 aromatic rings. The molecule has 1 fully saturated rings. The molecule has 9 heteroatoms. The van der Waals surface area contributed by atoms with Crippen LogP contribution in [0.2, 0.25) is 0 Å². The molecule has 0 radical (unpaired) electrons. The molecule has 3 rings (SSSR count). The van der Waals surface area contributed by atoms with Crippen LogP contribution in [0.25, 0.3) is 0 Å². The smallest absolute Gasteiger partial charge is 0.329 e. The van der Waals surface area contributed by atoms with Crippen molar-refractivity contribution in [1.82, 2.24) is 4.90 Å². The Morgan fingerprint density at radius 2 is 1.93 bits per heavy atom. The average molecular weight is 398 g/mol. The van der Waals surface area contributed by atoms with Crippen LogP contribution in [-0.4, -0.2) is 41.4 Å². The van der Waals surface area contributed by atoms with Gasteiger partial charge in [0.15, 0.2) is 5.41 Å². The van der Waals surface area contributed by atoms with Crippen molar-refractivity contribution in [1.29, 1.82) is 5.26 Å². The molecule has 2 aliphatic rings. The summed E-state index contributed by atoms with van der Waals surface area (Å²) < 4.78 is 18.7. The van der Waals surface area contributed by atoms with Crippen LogP contribution >= 0.6 is 0 Å². The van der Waals surface area contributed by atoms with Crippen molar-refractivity contribution in [2.24, 2.45) is 16.9 Å². The van der Waals surface area contributed by atoms with Crippen molar-refractivity contribution in [2.75, 3.05) is 6.61 Å². The van der Waals surface area contributed by atoms with E-state index in [2.05, 4.69) is 0 Å². The van der Waals surface area contributed by atoms with E-state index in [1.165, 1.54) is 47.5 Å². The number of hydrogen-bond acceptors (Lipinski definition) is 6. The second-order valence-electron chi connectivity index (χ2n) is 6.78. The fourth-order valence-corrected chi connectivity index (χ4v) is 4.08. The van der Waals surface area contributed by atoms with E-state index >= 15 is 0 Å². The number of nitrogens with zero attached hydrogens (tertiary/aromatic N) is 2. The van der Waals surface area contributed by atoms with Crippen LogP contribution in [0.5, 0.6) is 0 Å². The highest BCUT2D eigenvalue weighted by Crippen LogP contribution is 2.53. The third-order valence-electron chi connectivity index (χ3n) is 5.26. The molecule has 0 aromatic heterocycles. The molecule has 0 bridgehead atoms. The van der Waals surface area contributed by atoms with Crippen molar-refractivity contribution in [3.63, 3.8) is 0 Å². The molecule has 0 saturated carbocycles. The van der Waals surface area contributed by atoms with Gasteiger partial charge in [-0.15, -0.1) is 0 Å². The summed E-state index contributed by atoms with van der Waals surface area (Å²) in [6, 6.07) is 5.04. The van der Waals surface area contributed by atoms with Crippen LogP contribution in [-0.2, 0) is 19.1 Å². The molecule has 150 valence electrons. The van der Waals surface area contributed by atoms with Crippen LogP contribution in [0.3, 0.4) is 0 Å². The van der Waals surface area contributed by atoms with E-state index in [9.17, 15) is 24.0 Å². The van der Waals surface area contributed by atoms with Gasteiger partial charge < -0.3 is 21.1 Å². The number of nitriles is 1. The largest absolute Gasteiger partial charge is 0.465 e. The van der Waals surface area contributed by atoms with Gasteiger partial charge in [0.1, 0.15) is 11.9 Å². The number of primary amides is 2. The summed E-state index contributed by atoms with van der Waals surface area (Å²) >= 11 is 0. The minimum Gasteiger partial charge on any atom is -0.465 e. The number of nitrogens with two attached hydrogens (primary N) is 2. The maximum Gasteiger partial charge on any atom is 0.329 e. The van der Waals surface area contributed by atoms with Gasteiger partial charge in [-0.05, 0) is 30.7 Å². The molecule has 2 aliphatic heterocycles. The number of amides is 2. The number of fused-ring (bicyclic) bond motifs is 1. The summed E-state index contributed by atoms with van der Waals surface area (Å²) in [5, 5.41) is 10.2. The fourth-order valence-electron chi connectivity index (χ4n) is 4.08. The number of ether oxygens (including phenoxy) is 1. The first kappa shape index (κ1) is 20.1. The van der Waals surface area contributed by atoms with Crippen molar-refractivity contribution in [3.05, 3.63) is 59.6 Å². The average Bonchev–Trinajstić information content (AvgIpc) is 2.99. The topological polar surface area (TPSA) is 140 Å². The Bertz CT molecular complexity index is 966. The minimum atomic E-state index is -1.86. The summed E-state index contributed by atoms with van der Waals surface area (Å²) in [5.41, 5.74) is 9.58. The van der Waals surface area contributed by atoms with E-state index in [1.54, 1.807) is 6.92 Å². The fraction of sp³-hybridized carbons (Fsp3) is 0.300. The second kappa shape index (κ2) is 7.39. The quantitative estimate of drug-likeness (QED) is 0.691. The van der Waals surface area contributed by atoms with Crippen LogP contribution in [0, 0.1) is 22.6 Å². The number of halogens is 1. The molecule has 0 unspecified atom stereocenters. The maximum atomic E-state index is 13.5. The molecule has 1 saturated heterocycles. The summed E-state index contributed by atoms with van der Waals surface area (Å²) in [4.78, 5) is 38.5. The van der Waals surface area contributed by atoms with Crippen molar-refractivity contribution >= 4 is 17.8 Å². The number of carbonyl (C=O) groups excluding carboxylic acids is 3. The molecule has 0 spiro atoms. The lowest BCUT2D eigenvalue weighted by molar-refractivity contribution is -0.153. The molecular weight excluding hydrogens is 379 g/mol. The van der Waals surface area contributed by atoms with Crippen molar-refractivity contribution in [3.8, 4) is 6.07 Å². The van der Waals surface area contributed by atoms with Gasteiger partial charge in [-0.3, -0.25) is 14.4 Å². The zero-order chi connectivity index (χ0) is 21.3. The first-order valence-corrected chi connectivity index (χ1v) is 8.88. The number of rotatable bonds is 5. The Morgan fingerprint density at radius 3 is 2.45 bits per heavy atom. The Balaban J connectivity index is 2.28. The van der Waals surface area contributed by atoms with Crippen LogP contribution < -0.4 is 11.5 Å². The van der Waals surface area contributed by atoms with E-state index < -0.39 is 47.0 Å². The summed E-state index contributed by atoms with van der Waals surface area (Å²) in [6.45, 7) is 1.61. The van der Waals surface area contributed by atoms with Crippen LogP contribution in [0.15, 0.2) is 48.2 Å². The normalized spacial score (nSPS) is 27.6. The Hall–Kier alpha value is -3.67. The molecule has 4 atom stereocenters. The van der Waals surface area contributed by atoms with Crippen molar-refractivity contribution < 1.29 is 23.5 Å². The highest BCUT2D eigenvalue weighted by molar-refractivity contribution is 5.96. The SMILES string of the molecule is CCOC(=O)[C@]1(C#N)[C@H](c2ccc(F)cc2)[C@@H](C(N)=O)N2C=C(C(N)=O)C=C[C@H]21. The lowest BCUT2D eigenvalue weighted by atomic mass is 9.68. The third kappa shape index (κ3) is 3.02. The van der Waals surface area contributed by atoms with Gasteiger partial charge in [-0.25, -0.2) is 4.39 Å². The zero-order valence-corrected chi connectivity index (χ0v) is 15.5. The number of hydrogen-bond donors (Lipinski definition) is 2. The predicted molar refractivity (Wildman–Crippen MR) is 98.8 cm³/mol. The van der Waals surface area contributed by atoms with Gasteiger partial charge in [-0.2, -0.15) is 5.26 Å². The van der Waals surface area contributed by atoms with E-state index in [1.807, 2.05) is 6.07 Å². The highest BCUT2D eigenvalue weighted by Gasteiger charge is 2.66. The van der Waals surface area contributed by atoms with Crippen molar-refractivity contribution in [2.45, 2.75) is 24.9 Å². The van der Waals surface area contributed by atoms with Gasteiger partial charge in [0, 0.05) is 12.1 Å². The standard InChI is InChI=1S/C20H19FN4O4/c1-2-29-19(28)20(10-22)14-8-5-12(17(23)26)9-25(14)16(18(24)27)15(20)11-3-6-13(21)7-4-11/h3-9,14-16H,2H2,1H3,(H2,23,26)(H2,24,27)/t14-,15+,16-,20-/m0/s1. The molecule has 2 heterocycles. The molecule has 4 N–H and O–H groups in total. The number of esters is 1. The Morgan fingerprint density at radius 1 is 1.28 bits per heavy atom. The van der Waals surface area contributed by atoms with Gasteiger partial charge in [0.25, 0.3) is 0 Å². The summed E-state index contributed by atoms with van der Waals surface area (Å²) in [7, 11) is 0. The van der Waals surface area contributed by atoms with Gasteiger partial charge in [0.2, 0.25) is 11.8 Å². The number of carbonyl (C=O) groups is 3. The van der Waals surface area contributed by atoms with E-state index in [0.717, 1.165) is 0 Å². The van der Waals surface area contributed by atoms with E-state index in [0.29, 0.717) is 5.56 Å². The minimum absolute atomic E-state index is 0.0123. The van der Waals surface area contributed by atoms with Crippen LogP contribution in [0.1, 0.15) is 18.4 Å².